The minimum atomic E-state index is -0.677. The van der Waals surface area contributed by atoms with Gasteiger partial charge in [0.25, 0.3) is 0 Å². The van der Waals surface area contributed by atoms with Crippen molar-refractivity contribution >= 4 is 21.6 Å². The molecule has 0 bridgehead atoms. The van der Waals surface area contributed by atoms with E-state index in [1.807, 2.05) is 0 Å². The van der Waals surface area contributed by atoms with Crippen LogP contribution in [0.5, 0.6) is 0 Å². The van der Waals surface area contributed by atoms with Gasteiger partial charge in [-0.3, -0.25) is 0 Å². The fraction of sp³-hybridized carbons (Fsp3) is 0.273. The Labute approximate surface area is 116 Å². The monoisotopic (exact) mass is 332 g/mol. The number of hydrogen-bond acceptors (Lipinski definition) is 4. The minimum absolute atomic E-state index is 0.0320. The van der Waals surface area contributed by atoms with Crippen LogP contribution in [0.15, 0.2) is 22.8 Å². The summed E-state index contributed by atoms with van der Waals surface area (Å²) >= 11 is 2.99. The number of rotatable bonds is 5. The first-order valence-electron chi connectivity index (χ1n) is 5.48. The third-order valence-electron chi connectivity index (χ3n) is 2.39. The van der Waals surface area contributed by atoms with Gasteiger partial charge in [-0.15, -0.1) is 5.10 Å². The van der Waals surface area contributed by atoms with Gasteiger partial charge in [-0.1, -0.05) is 5.21 Å². The van der Waals surface area contributed by atoms with E-state index < -0.39 is 11.6 Å². The van der Waals surface area contributed by atoms with E-state index >= 15 is 0 Å². The molecule has 0 aliphatic carbocycles. The van der Waals surface area contributed by atoms with Crippen LogP contribution in [0.25, 0.3) is 0 Å². The maximum atomic E-state index is 13.5. The molecule has 0 saturated heterocycles. The third kappa shape index (κ3) is 3.48. The van der Waals surface area contributed by atoms with Crippen molar-refractivity contribution < 1.29 is 13.9 Å². The molecule has 0 spiro atoms. The predicted molar refractivity (Wildman–Crippen MR) is 68.5 cm³/mol. The number of benzene rings is 1. The molecular weight excluding hydrogens is 322 g/mol. The van der Waals surface area contributed by atoms with Gasteiger partial charge in [0.2, 0.25) is 0 Å². The molecule has 2 N–H and O–H groups in total. The highest BCUT2D eigenvalue weighted by Crippen LogP contribution is 2.23. The smallest absolute Gasteiger partial charge is 0.149 e. The Morgan fingerprint density at radius 3 is 2.84 bits per heavy atom. The van der Waals surface area contributed by atoms with Gasteiger partial charge in [-0.25, -0.2) is 13.5 Å². The average Bonchev–Trinajstić information content (AvgIpc) is 2.80. The van der Waals surface area contributed by atoms with E-state index in [2.05, 4.69) is 31.6 Å². The fourth-order valence-corrected chi connectivity index (χ4v) is 1.82. The number of nitrogens with zero attached hydrogens (tertiary/aromatic N) is 3. The van der Waals surface area contributed by atoms with E-state index in [0.717, 1.165) is 6.07 Å². The number of nitrogens with one attached hydrogen (secondary N) is 1. The number of aliphatic hydroxyl groups excluding tert-OH is 1. The van der Waals surface area contributed by atoms with Crippen molar-refractivity contribution in [2.75, 3.05) is 11.9 Å². The van der Waals surface area contributed by atoms with Crippen molar-refractivity contribution in [3.63, 3.8) is 0 Å². The first-order chi connectivity index (χ1) is 9.10. The van der Waals surface area contributed by atoms with Gasteiger partial charge in [0.15, 0.2) is 0 Å². The summed E-state index contributed by atoms with van der Waals surface area (Å²) in [6.07, 6.45) is 1.64. The van der Waals surface area contributed by atoms with E-state index in [4.69, 9.17) is 5.11 Å². The summed E-state index contributed by atoms with van der Waals surface area (Å²) in [5, 5.41) is 19.2. The van der Waals surface area contributed by atoms with Crippen LogP contribution in [0.1, 0.15) is 5.69 Å². The van der Waals surface area contributed by atoms with E-state index in [0.29, 0.717) is 12.2 Å². The lowest BCUT2D eigenvalue weighted by atomic mass is 10.3. The van der Waals surface area contributed by atoms with Gasteiger partial charge in [-0.05, 0) is 22.0 Å². The summed E-state index contributed by atoms with van der Waals surface area (Å²) in [7, 11) is 0. The Hall–Kier alpha value is -1.54. The second-order valence-corrected chi connectivity index (χ2v) is 4.65. The van der Waals surface area contributed by atoms with Gasteiger partial charge < -0.3 is 10.4 Å². The van der Waals surface area contributed by atoms with E-state index in [9.17, 15) is 8.78 Å². The topological polar surface area (TPSA) is 63.0 Å². The van der Waals surface area contributed by atoms with E-state index in [1.54, 1.807) is 6.20 Å². The summed E-state index contributed by atoms with van der Waals surface area (Å²) in [5.74, 6) is -1.33. The molecule has 5 nitrogen and oxygen atoms in total. The number of aromatic nitrogens is 3. The van der Waals surface area contributed by atoms with Crippen molar-refractivity contribution in [2.45, 2.75) is 13.1 Å². The van der Waals surface area contributed by atoms with Crippen LogP contribution in [0, 0.1) is 11.6 Å². The number of hydrogen-bond donors (Lipinski definition) is 2. The maximum absolute atomic E-state index is 13.5. The van der Waals surface area contributed by atoms with Crippen LogP contribution in [0.3, 0.4) is 0 Å². The SMILES string of the molecule is OCCn1cc(CNc2cc(Br)c(F)cc2F)nn1. The largest absolute Gasteiger partial charge is 0.394 e. The molecule has 1 aromatic carbocycles. The van der Waals surface area contributed by atoms with Crippen molar-refractivity contribution in [3.8, 4) is 0 Å². The van der Waals surface area contributed by atoms with E-state index in [-0.39, 0.29) is 23.3 Å². The molecule has 0 unspecified atom stereocenters. The molecule has 0 radical (unpaired) electrons. The maximum Gasteiger partial charge on any atom is 0.149 e. The number of halogens is 3. The Balaban J connectivity index is 2.03. The molecule has 0 aliphatic rings. The van der Waals surface area contributed by atoms with Crippen LogP contribution in [-0.2, 0) is 13.1 Å². The number of anilines is 1. The van der Waals surface area contributed by atoms with Gasteiger partial charge in [0, 0.05) is 6.07 Å². The molecule has 2 aromatic rings. The molecule has 102 valence electrons. The highest BCUT2D eigenvalue weighted by atomic mass is 79.9. The lowest BCUT2D eigenvalue weighted by molar-refractivity contribution is 0.268. The zero-order valence-electron chi connectivity index (χ0n) is 9.78. The van der Waals surface area contributed by atoms with Gasteiger partial charge in [0.1, 0.15) is 17.3 Å². The second kappa shape index (κ2) is 6.07. The first kappa shape index (κ1) is 13.9. The van der Waals surface area contributed by atoms with E-state index in [1.165, 1.54) is 10.7 Å². The van der Waals surface area contributed by atoms with Crippen LogP contribution in [0.4, 0.5) is 14.5 Å². The van der Waals surface area contributed by atoms with Crippen molar-refractivity contribution in [3.05, 3.63) is 40.1 Å². The lowest BCUT2D eigenvalue weighted by Crippen LogP contribution is -2.03. The highest BCUT2D eigenvalue weighted by Gasteiger charge is 2.08. The molecule has 0 amide bonds. The Morgan fingerprint density at radius 1 is 1.32 bits per heavy atom. The summed E-state index contributed by atoms with van der Waals surface area (Å²) in [6, 6.07) is 2.12. The Morgan fingerprint density at radius 2 is 2.11 bits per heavy atom. The highest BCUT2D eigenvalue weighted by molar-refractivity contribution is 9.10. The molecule has 0 saturated carbocycles. The van der Waals surface area contributed by atoms with Gasteiger partial charge in [0.05, 0.1) is 36.1 Å². The molecule has 1 aromatic heterocycles. The Bertz CT molecular complexity index is 576. The standard InChI is InChI=1S/C11H11BrF2N4O/c12-8-3-11(10(14)4-9(8)13)15-5-7-6-18(1-2-19)17-16-7/h3-4,6,15,19H,1-2,5H2. The first-order valence-corrected chi connectivity index (χ1v) is 6.27. The molecule has 8 heteroatoms. The molecule has 0 aliphatic heterocycles. The summed E-state index contributed by atoms with van der Waals surface area (Å²) in [6.45, 7) is 0.569. The molecule has 1 heterocycles. The van der Waals surface area contributed by atoms with Crippen LogP contribution in [-0.4, -0.2) is 26.7 Å². The van der Waals surface area contributed by atoms with Crippen molar-refractivity contribution in [2.24, 2.45) is 0 Å². The summed E-state index contributed by atoms with van der Waals surface area (Å²) in [5.41, 5.74) is 0.762. The lowest BCUT2D eigenvalue weighted by Gasteiger charge is -2.06. The summed E-state index contributed by atoms with van der Waals surface area (Å²) < 4.78 is 28.2. The van der Waals surface area contributed by atoms with Crippen molar-refractivity contribution in [1.29, 1.82) is 0 Å². The molecule has 0 atom stereocenters. The molecule has 2 rings (SSSR count). The van der Waals surface area contributed by atoms with Crippen LogP contribution < -0.4 is 5.32 Å². The fourth-order valence-electron chi connectivity index (χ4n) is 1.48. The number of aliphatic hydroxyl groups is 1. The normalized spacial score (nSPS) is 10.7. The minimum Gasteiger partial charge on any atom is -0.394 e. The molecule has 19 heavy (non-hydrogen) atoms. The third-order valence-corrected chi connectivity index (χ3v) is 2.99. The van der Waals surface area contributed by atoms with Crippen LogP contribution >= 0.6 is 15.9 Å². The average molecular weight is 333 g/mol. The quantitative estimate of drug-likeness (QED) is 0.821. The zero-order valence-corrected chi connectivity index (χ0v) is 11.4. The van der Waals surface area contributed by atoms with Gasteiger partial charge >= 0.3 is 0 Å². The predicted octanol–water partition coefficient (Wildman–Crippen LogP) is 1.92. The molecule has 0 fully saturated rings. The zero-order chi connectivity index (χ0) is 13.8. The van der Waals surface area contributed by atoms with Crippen molar-refractivity contribution in [1.82, 2.24) is 15.0 Å². The molecular formula is C11H11BrF2N4O. The second-order valence-electron chi connectivity index (χ2n) is 3.80. The van der Waals surface area contributed by atoms with Gasteiger partial charge in [-0.2, -0.15) is 0 Å². The Kier molecular flexibility index (Phi) is 4.43. The van der Waals surface area contributed by atoms with Crippen LogP contribution in [0.2, 0.25) is 0 Å². The summed E-state index contributed by atoms with van der Waals surface area (Å²) in [4.78, 5) is 0.